The third-order valence-corrected chi connectivity index (χ3v) is 2.86. The smallest absolute Gasteiger partial charge is 0.321 e. The molecule has 4 nitrogen and oxygen atoms in total. The Morgan fingerprint density at radius 2 is 2.29 bits per heavy atom. The summed E-state index contributed by atoms with van der Waals surface area (Å²) >= 11 is 0. The van der Waals surface area contributed by atoms with Crippen molar-refractivity contribution in [3.8, 4) is 0 Å². The minimum Gasteiger partial charge on any atom is -0.480 e. The number of aldehydes is 1. The third-order valence-electron chi connectivity index (χ3n) is 2.86. The molecule has 0 amide bonds. The van der Waals surface area contributed by atoms with Gasteiger partial charge in [0.1, 0.15) is 12.3 Å². The van der Waals surface area contributed by atoms with E-state index in [9.17, 15) is 9.59 Å². The van der Waals surface area contributed by atoms with Crippen LogP contribution >= 0.6 is 0 Å². The standard InChI is InChI=1S/C13H19NO3/c1-10-3-5-11(6-4-10)9-12(13(16)17)14-7-2-8-15/h3,5,8,12,14H,2,4,6-7,9H2,1H3,(H,16,17). The Balaban J connectivity index is 2.49. The molecule has 0 saturated heterocycles. The molecule has 0 radical (unpaired) electrons. The molecule has 0 aromatic rings. The molecule has 1 aliphatic carbocycles. The first-order valence-electron chi connectivity index (χ1n) is 5.88. The second-order valence-corrected chi connectivity index (χ2v) is 4.34. The van der Waals surface area contributed by atoms with Gasteiger partial charge >= 0.3 is 5.97 Å². The van der Waals surface area contributed by atoms with Gasteiger partial charge in [-0.15, -0.1) is 0 Å². The summed E-state index contributed by atoms with van der Waals surface area (Å²) in [5, 5.41) is 11.9. The molecule has 0 heterocycles. The van der Waals surface area contributed by atoms with Crippen molar-refractivity contribution in [2.45, 2.75) is 38.6 Å². The van der Waals surface area contributed by atoms with Crippen molar-refractivity contribution in [2.75, 3.05) is 6.54 Å². The van der Waals surface area contributed by atoms with Crippen LogP contribution in [0.25, 0.3) is 0 Å². The van der Waals surface area contributed by atoms with Crippen LogP contribution in [0.5, 0.6) is 0 Å². The quantitative estimate of drug-likeness (QED) is 0.522. The average molecular weight is 237 g/mol. The van der Waals surface area contributed by atoms with Crippen LogP contribution in [0.1, 0.15) is 32.6 Å². The van der Waals surface area contributed by atoms with Crippen LogP contribution in [0.3, 0.4) is 0 Å². The molecular weight excluding hydrogens is 218 g/mol. The highest BCUT2D eigenvalue weighted by molar-refractivity contribution is 5.74. The summed E-state index contributed by atoms with van der Waals surface area (Å²) in [5.41, 5.74) is 2.48. The van der Waals surface area contributed by atoms with Crippen LogP contribution in [0.2, 0.25) is 0 Å². The molecule has 17 heavy (non-hydrogen) atoms. The fourth-order valence-corrected chi connectivity index (χ4v) is 1.78. The summed E-state index contributed by atoms with van der Waals surface area (Å²) in [5.74, 6) is -0.858. The summed E-state index contributed by atoms with van der Waals surface area (Å²) in [6.07, 6.45) is 7.64. The number of allylic oxidation sites excluding steroid dienone is 3. The molecule has 0 spiro atoms. The maximum absolute atomic E-state index is 11.0. The number of carboxylic acids is 1. The first-order chi connectivity index (χ1) is 8.13. The molecule has 0 aliphatic heterocycles. The normalized spacial score (nSPS) is 17.0. The van der Waals surface area contributed by atoms with E-state index in [1.54, 1.807) is 0 Å². The first kappa shape index (κ1) is 13.6. The Morgan fingerprint density at radius 3 is 2.82 bits per heavy atom. The van der Waals surface area contributed by atoms with Crippen molar-refractivity contribution < 1.29 is 14.7 Å². The Morgan fingerprint density at radius 1 is 1.53 bits per heavy atom. The monoisotopic (exact) mass is 237 g/mol. The molecule has 0 aromatic heterocycles. The maximum Gasteiger partial charge on any atom is 0.321 e. The molecule has 1 rings (SSSR count). The zero-order valence-corrected chi connectivity index (χ0v) is 10.1. The highest BCUT2D eigenvalue weighted by Gasteiger charge is 2.18. The number of hydrogen-bond donors (Lipinski definition) is 2. The van der Waals surface area contributed by atoms with E-state index in [0.29, 0.717) is 19.4 Å². The Hall–Kier alpha value is -1.42. The van der Waals surface area contributed by atoms with Crippen molar-refractivity contribution >= 4 is 12.3 Å². The van der Waals surface area contributed by atoms with Crippen LogP contribution in [0.15, 0.2) is 23.3 Å². The summed E-state index contributed by atoms with van der Waals surface area (Å²) in [6.45, 7) is 2.49. The predicted molar refractivity (Wildman–Crippen MR) is 65.8 cm³/mol. The van der Waals surface area contributed by atoms with Gasteiger partial charge in [0.25, 0.3) is 0 Å². The van der Waals surface area contributed by atoms with Gasteiger partial charge in [0.2, 0.25) is 0 Å². The lowest BCUT2D eigenvalue weighted by Gasteiger charge is -2.18. The van der Waals surface area contributed by atoms with E-state index < -0.39 is 12.0 Å². The van der Waals surface area contributed by atoms with Gasteiger partial charge in [-0.25, -0.2) is 0 Å². The minimum atomic E-state index is -0.858. The van der Waals surface area contributed by atoms with E-state index in [1.165, 1.54) is 5.57 Å². The van der Waals surface area contributed by atoms with Gasteiger partial charge in [-0.3, -0.25) is 4.79 Å². The fraction of sp³-hybridized carbons (Fsp3) is 0.538. The minimum absolute atomic E-state index is 0.349. The number of carboxylic acid groups (broad SMARTS) is 1. The molecule has 2 N–H and O–H groups in total. The van der Waals surface area contributed by atoms with E-state index in [0.717, 1.165) is 24.7 Å². The molecule has 0 bridgehead atoms. The van der Waals surface area contributed by atoms with Gasteiger partial charge in [-0.2, -0.15) is 0 Å². The van der Waals surface area contributed by atoms with E-state index in [4.69, 9.17) is 5.11 Å². The van der Waals surface area contributed by atoms with Crippen LogP contribution < -0.4 is 5.32 Å². The maximum atomic E-state index is 11.0. The molecule has 4 heteroatoms. The van der Waals surface area contributed by atoms with Gasteiger partial charge in [0.15, 0.2) is 0 Å². The molecule has 0 fully saturated rings. The first-order valence-corrected chi connectivity index (χ1v) is 5.88. The van der Waals surface area contributed by atoms with Gasteiger partial charge in [0.05, 0.1) is 0 Å². The molecule has 0 aromatic carbocycles. The van der Waals surface area contributed by atoms with E-state index in [1.807, 2.05) is 12.2 Å². The summed E-state index contributed by atoms with van der Waals surface area (Å²) in [7, 11) is 0. The molecule has 1 aliphatic rings. The van der Waals surface area contributed by atoms with Crippen molar-refractivity contribution in [2.24, 2.45) is 0 Å². The lowest BCUT2D eigenvalue weighted by Crippen LogP contribution is -2.37. The SMILES string of the molecule is CC1=CC=C(CC(NCCC=O)C(=O)O)CC1. The van der Waals surface area contributed by atoms with E-state index >= 15 is 0 Å². The molecule has 1 atom stereocenters. The van der Waals surface area contributed by atoms with Crippen LogP contribution in [0, 0.1) is 0 Å². The van der Waals surface area contributed by atoms with Crippen molar-refractivity contribution in [3.05, 3.63) is 23.3 Å². The number of hydrogen-bond acceptors (Lipinski definition) is 3. The van der Waals surface area contributed by atoms with Crippen LogP contribution in [-0.4, -0.2) is 29.9 Å². The van der Waals surface area contributed by atoms with E-state index in [2.05, 4.69) is 12.2 Å². The zero-order chi connectivity index (χ0) is 12.7. The van der Waals surface area contributed by atoms with Crippen molar-refractivity contribution in [1.82, 2.24) is 5.32 Å². The predicted octanol–water partition coefficient (Wildman–Crippen LogP) is 1.67. The van der Waals surface area contributed by atoms with Crippen LogP contribution in [0.4, 0.5) is 0 Å². The molecule has 94 valence electrons. The Kier molecular flexibility index (Phi) is 5.63. The van der Waals surface area contributed by atoms with Crippen molar-refractivity contribution in [3.63, 3.8) is 0 Å². The number of aliphatic carboxylic acids is 1. The summed E-state index contributed by atoms with van der Waals surface area (Å²) in [6, 6.07) is -0.590. The highest BCUT2D eigenvalue weighted by Crippen LogP contribution is 2.21. The van der Waals surface area contributed by atoms with Crippen molar-refractivity contribution in [1.29, 1.82) is 0 Å². The van der Waals surface area contributed by atoms with Gasteiger partial charge < -0.3 is 15.2 Å². The number of carbonyl (C=O) groups excluding carboxylic acids is 1. The number of nitrogens with one attached hydrogen (secondary N) is 1. The number of carbonyl (C=O) groups is 2. The average Bonchev–Trinajstić information content (AvgIpc) is 2.30. The molecular formula is C13H19NO3. The number of rotatable bonds is 7. The van der Waals surface area contributed by atoms with Gasteiger partial charge in [-0.05, 0) is 26.2 Å². The lowest BCUT2D eigenvalue weighted by molar-refractivity contribution is -0.139. The summed E-state index contributed by atoms with van der Waals surface area (Å²) in [4.78, 5) is 21.2. The molecule has 1 unspecified atom stereocenters. The highest BCUT2D eigenvalue weighted by atomic mass is 16.4. The van der Waals surface area contributed by atoms with Gasteiger partial charge in [-0.1, -0.05) is 23.3 Å². The topological polar surface area (TPSA) is 66.4 Å². The lowest BCUT2D eigenvalue weighted by atomic mass is 9.94. The fourth-order valence-electron chi connectivity index (χ4n) is 1.78. The third kappa shape index (κ3) is 4.95. The largest absolute Gasteiger partial charge is 0.480 e. The van der Waals surface area contributed by atoms with Crippen LogP contribution in [-0.2, 0) is 9.59 Å². The van der Waals surface area contributed by atoms with Gasteiger partial charge in [0, 0.05) is 13.0 Å². The molecule has 0 saturated carbocycles. The zero-order valence-electron chi connectivity index (χ0n) is 10.1. The Bertz CT molecular complexity index is 345. The van der Waals surface area contributed by atoms with E-state index in [-0.39, 0.29) is 0 Å². The Labute approximate surface area is 101 Å². The summed E-state index contributed by atoms with van der Waals surface area (Å²) < 4.78 is 0. The second-order valence-electron chi connectivity index (χ2n) is 4.34. The second kappa shape index (κ2) is 7.01.